The number of benzene rings is 1. The quantitative estimate of drug-likeness (QED) is 0.848. The first kappa shape index (κ1) is 19.0. The number of hydrazone groups is 1. The molecule has 1 N–H and O–H groups in total. The molecule has 8 heteroatoms. The second-order valence-electron chi connectivity index (χ2n) is 6.77. The van der Waals surface area contributed by atoms with Gasteiger partial charge in [0.25, 0.3) is 11.8 Å². The summed E-state index contributed by atoms with van der Waals surface area (Å²) in [6.07, 6.45) is 0.222. The van der Waals surface area contributed by atoms with Crippen LogP contribution in [-0.2, 0) is 9.59 Å². The maximum absolute atomic E-state index is 12.8. The van der Waals surface area contributed by atoms with Gasteiger partial charge in [0.05, 0.1) is 11.4 Å². The minimum absolute atomic E-state index is 0.0480. The van der Waals surface area contributed by atoms with Gasteiger partial charge in [-0.05, 0) is 38.5 Å². The molecule has 0 bridgehead atoms. The second-order valence-corrected chi connectivity index (χ2v) is 6.77. The number of hydrogen-bond donors (Lipinski definition) is 1. The predicted octanol–water partition coefficient (Wildman–Crippen LogP) is 0.854. The molecule has 3 amide bonds. The summed E-state index contributed by atoms with van der Waals surface area (Å²) in [5.41, 5.74) is -0.498. The van der Waals surface area contributed by atoms with Crippen LogP contribution in [0.5, 0.6) is 0 Å². The third kappa shape index (κ3) is 3.21. The summed E-state index contributed by atoms with van der Waals surface area (Å²) in [5.74, 6) is -0.867. The molecule has 2 heterocycles. The molecule has 2 aliphatic heterocycles. The van der Waals surface area contributed by atoms with Crippen molar-refractivity contribution in [1.29, 1.82) is 0 Å². The van der Waals surface area contributed by atoms with Gasteiger partial charge in [-0.1, -0.05) is 13.0 Å². The van der Waals surface area contributed by atoms with Crippen LogP contribution in [0.4, 0.5) is 5.69 Å². The molecule has 2 aliphatic rings. The molecular formula is C19H24N4O4. The van der Waals surface area contributed by atoms with Crippen LogP contribution in [0.1, 0.15) is 37.6 Å². The summed E-state index contributed by atoms with van der Waals surface area (Å²) in [5, 5.41) is 15.8. The summed E-state index contributed by atoms with van der Waals surface area (Å²) in [6.45, 7) is 6.89. The minimum Gasteiger partial charge on any atom is -0.374 e. The maximum atomic E-state index is 12.8. The third-order valence-electron chi connectivity index (χ3n) is 5.23. The zero-order valence-electron chi connectivity index (χ0n) is 15.8. The highest BCUT2D eigenvalue weighted by Gasteiger charge is 2.46. The molecule has 1 aromatic carbocycles. The van der Waals surface area contributed by atoms with Gasteiger partial charge in [-0.2, -0.15) is 10.1 Å². The topological polar surface area (TPSA) is 93.5 Å². The van der Waals surface area contributed by atoms with E-state index in [2.05, 4.69) is 5.10 Å². The molecule has 0 aliphatic carbocycles. The summed E-state index contributed by atoms with van der Waals surface area (Å²) >= 11 is 0. The van der Waals surface area contributed by atoms with Crippen molar-refractivity contribution in [3.05, 3.63) is 29.8 Å². The Morgan fingerprint density at radius 3 is 2.59 bits per heavy atom. The maximum Gasteiger partial charge on any atom is 0.285 e. The predicted molar refractivity (Wildman–Crippen MR) is 100 cm³/mol. The summed E-state index contributed by atoms with van der Waals surface area (Å²) < 4.78 is 0. The zero-order chi connectivity index (χ0) is 19.8. The van der Waals surface area contributed by atoms with E-state index in [-0.39, 0.29) is 24.8 Å². The van der Waals surface area contributed by atoms with E-state index < -0.39 is 11.5 Å². The van der Waals surface area contributed by atoms with E-state index in [0.29, 0.717) is 36.6 Å². The number of amides is 3. The van der Waals surface area contributed by atoms with Crippen molar-refractivity contribution in [1.82, 2.24) is 9.80 Å². The van der Waals surface area contributed by atoms with Crippen LogP contribution in [0.3, 0.4) is 0 Å². The van der Waals surface area contributed by atoms with Crippen LogP contribution < -0.4 is 5.01 Å². The van der Waals surface area contributed by atoms with Gasteiger partial charge in [0.2, 0.25) is 5.91 Å². The normalized spacial score (nSPS) is 23.1. The van der Waals surface area contributed by atoms with Crippen LogP contribution in [0.15, 0.2) is 29.4 Å². The van der Waals surface area contributed by atoms with Gasteiger partial charge in [0.1, 0.15) is 6.54 Å². The fraction of sp³-hybridized carbons (Fsp3) is 0.474. The van der Waals surface area contributed by atoms with Gasteiger partial charge < -0.3 is 14.9 Å². The van der Waals surface area contributed by atoms with Gasteiger partial charge >= 0.3 is 0 Å². The van der Waals surface area contributed by atoms with Gasteiger partial charge in [0.15, 0.2) is 5.60 Å². The minimum atomic E-state index is -1.61. The molecule has 144 valence electrons. The monoisotopic (exact) mass is 372 g/mol. The van der Waals surface area contributed by atoms with Gasteiger partial charge in [0, 0.05) is 25.2 Å². The van der Waals surface area contributed by atoms with Gasteiger partial charge in [-0.15, -0.1) is 0 Å². The van der Waals surface area contributed by atoms with E-state index in [4.69, 9.17) is 0 Å². The van der Waals surface area contributed by atoms with E-state index in [0.717, 1.165) is 5.01 Å². The lowest BCUT2D eigenvalue weighted by atomic mass is 9.95. The Labute approximate surface area is 158 Å². The van der Waals surface area contributed by atoms with Crippen molar-refractivity contribution >= 4 is 29.1 Å². The number of carbonyl (C=O) groups excluding carboxylic acids is 3. The van der Waals surface area contributed by atoms with Crippen LogP contribution in [-0.4, -0.2) is 70.1 Å². The molecule has 8 nitrogen and oxygen atoms in total. The van der Waals surface area contributed by atoms with Crippen molar-refractivity contribution in [2.75, 3.05) is 31.2 Å². The summed E-state index contributed by atoms with van der Waals surface area (Å²) in [6, 6.07) is 6.53. The van der Waals surface area contributed by atoms with Crippen molar-refractivity contribution in [3.8, 4) is 0 Å². The molecule has 0 saturated carbocycles. The molecule has 0 unspecified atom stereocenters. The standard InChI is InChI=1S/C19H24N4O4/c1-4-19(27)13(3)20-23(18(19)26)15-8-6-7-14(11-15)17(25)22-10-9-21(5-2)16(24)12-22/h6-8,11,27H,4-5,9-10,12H2,1-3H3/t19-/m0/s1. The van der Waals surface area contributed by atoms with Crippen molar-refractivity contribution in [2.45, 2.75) is 32.8 Å². The zero-order valence-corrected chi connectivity index (χ0v) is 15.8. The van der Waals surface area contributed by atoms with Crippen molar-refractivity contribution in [2.24, 2.45) is 5.10 Å². The first-order valence-electron chi connectivity index (χ1n) is 9.11. The fourth-order valence-corrected chi connectivity index (χ4v) is 3.36. The fourth-order valence-electron chi connectivity index (χ4n) is 3.36. The van der Waals surface area contributed by atoms with Gasteiger partial charge in [-0.3, -0.25) is 14.4 Å². The lowest BCUT2D eigenvalue weighted by Crippen LogP contribution is -2.52. The molecule has 1 saturated heterocycles. The summed E-state index contributed by atoms with van der Waals surface area (Å²) in [4.78, 5) is 40.7. The van der Waals surface area contributed by atoms with Crippen LogP contribution in [0.2, 0.25) is 0 Å². The molecule has 0 spiro atoms. The van der Waals surface area contributed by atoms with E-state index >= 15 is 0 Å². The number of aliphatic hydroxyl groups is 1. The van der Waals surface area contributed by atoms with Crippen LogP contribution in [0, 0.1) is 0 Å². The molecule has 1 atom stereocenters. The molecule has 1 fully saturated rings. The summed E-state index contributed by atoms with van der Waals surface area (Å²) in [7, 11) is 0. The Morgan fingerprint density at radius 1 is 1.26 bits per heavy atom. The number of carbonyl (C=O) groups is 3. The highest BCUT2D eigenvalue weighted by atomic mass is 16.3. The Bertz CT molecular complexity index is 822. The highest BCUT2D eigenvalue weighted by Crippen LogP contribution is 2.29. The Balaban J connectivity index is 1.82. The lowest BCUT2D eigenvalue weighted by Gasteiger charge is -2.33. The molecule has 27 heavy (non-hydrogen) atoms. The molecular weight excluding hydrogens is 348 g/mol. The average Bonchev–Trinajstić information content (AvgIpc) is 2.92. The molecule has 1 aromatic rings. The second kappa shape index (κ2) is 7.11. The first-order chi connectivity index (χ1) is 12.8. The van der Waals surface area contributed by atoms with E-state index in [9.17, 15) is 19.5 Å². The smallest absolute Gasteiger partial charge is 0.285 e. The number of nitrogens with zero attached hydrogens (tertiary/aromatic N) is 4. The highest BCUT2D eigenvalue weighted by molar-refractivity contribution is 6.21. The van der Waals surface area contributed by atoms with Crippen LogP contribution in [0.25, 0.3) is 0 Å². The number of rotatable bonds is 4. The Morgan fingerprint density at radius 2 is 2.00 bits per heavy atom. The molecule has 0 radical (unpaired) electrons. The average molecular weight is 372 g/mol. The molecule has 0 aromatic heterocycles. The molecule has 3 rings (SSSR count). The largest absolute Gasteiger partial charge is 0.374 e. The van der Waals surface area contributed by atoms with Crippen molar-refractivity contribution in [3.63, 3.8) is 0 Å². The Hall–Kier alpha value is -2.74. The van der Waals surface area contributed by atoms with E-state index in [1.807, 2.05) is 6.92 Å². The SMILES string of the molecule is CCN1CCN(C(=O)c2cccc(N3N=C(C)[C@@](O)(CC)C3=O)c2)CC1=O. The Kier molecular flexibility index (Phi) is 5.01. The van der Waals surface area contributed by atoms with Crippen LogP contribution >= 0.6 is 0 Å². The number of hydrogen-bond acceptors (Lipinski definition) is 5. The number of anilines is 1. The number of piperazine rings is 1. The van der Waals surface area contributed by atoms with Gasteiger partial charge in [-0.25, -0.2) is 0 Å². The lowest BCUT2D eigenvalue weighted by molar-refractivity contribution is -0.134. The van der Waals surface area contributed by atoms with Crippen molar-refractivity contribution < 1.29 is 19.5 Å². The first-order valence-corrected chi connectivity index (χ1v) is 9.11. The number of likely N-dealkylation sites (N-methyl/N-ethyl adjacent to an activating group) is 1. The van der Waals surface area contributed by atoms with E-state index in [1.165, 1.54) is 4.90 Å². The third-order valence-corrected chi connectivity index (χ3v) is 5.23. The van der Waals surface area contributed by atoms with E-state index in [1.54, 1.807) is 43.0 Å².